The lowest BCUT2D eigenvalue weighted by atomic mass is 9.79. The Kier molecular flexibility index (Phi) is 8.41. The topological polar surface area (TPSA) is 36.1 Å². The molecule has 0 bridgehead atoms. The second-order valence-electron chi connectivity index (χ2n) is 11.2. The van der Waals surface area contributed by atoms with Gasteiger partial charge in [-0.15, -0.1) is 0 Å². The van der Waals surface area contributed by atoms with Crippen LogP contribution in [0.1, 0.15) is 83.8 Å². The third kappa shape index (κ3) is 5.95. The summed E-state index contributed by atoms with van der Waals surface area (Å²) in [6.45, 7) is 11.8. The first kappa shape index (κ1) is 26.7. The van der Waals surface area contributed by atoms with Gasteiger partial charge in [0.15, 0.2) is 0 Å². The summed E-state index contributed by atoms with van der Waals surface area (Å²) in [6.07, 6.45) is 9.95. The molecule has 5 heteroatoms. The fourth-order valence-electron chi connectivity index (χ4n) is 5.96. The fraction of sp³-hybridized carbons (Fsp3) is 0.484. The van der Waals surface area contributed by atoms with Gasteiger partial charge in [0.1, 0.15) is 16.7 Å². The number of hydrogen-bond acceptors (Lipinski definition) is 3. The van der Waals surface area contributed by atoms with Gasteiger partial charge < -0.3 is 9.78 Å². The number of aromatic nitrogens is 1. The van der Waals surface area contributed by atoms with Crippen LogP contribution in [0, 0.1) is 16.4 Å². The first-order chi connectivity index (χ1) is 17.2. The summed E-state index contributed by atoms with van der Waals surface area (Å²) in [4.78, 5) is 16.4. The van der Waals surface area contributed by atoms with Gasteiger partial charge in [0.2, 0.25) is 0 Å². The van der Waals surface area contributed by atoms with Crippen molar-refractivity contribution in [2.24, 2.45) is 5.92 Å². The monoisotopic (exact) mass is 506 g/mol. The lowest BCUT2D eigenvalue weighted by molar-refractivity contribution is -0.110. The quantitative estimate of drug-likeness (QED) is 0.274. The van der Waals surface area contributed by atoms with E-state index < -0.39 is 0 Å². The van der Waals surface area contributed by atoms with Crippen molar-refractivity contribution in [3.63, 3.8) is 0 Å². The molecule has 0 spiro atoms. The fourth-order valence-corrected chi connectivity index (χ4v) is 6.13. The Hall–Kier alpha value is -2.37. The Morgan fingerprint density at radius 2 is 1.92 bits per heavy atom. The van der Waals surface area contributed by atoms with E-state index in [1.54, 1.807) is 11.6 Å². The molecule has 1 N–H and O–H groups in total. The van der Waals surface area contributed by atoms with Gasteiger partial charge in [0.25, 0.3) is 0 Å². The number of pyridine rings is 1. The smallest absolute Gasteiger partial charge is 0.147 e. The van der Waals surface area contributed by atoms with Gasteiger partial charge in [-0.05, 0) is 100 Å². The van der Waals surface area contributed by atoms with E-state index in [2.05, 4.69) is 61.9 Å². The van der Waals surface area contributed by atoms with E-state index in [4.69, 9.17) is 12.2 Å². The zero-order valence-electron chi connectivity index (χ0n) is 22.2. The molecule has 0 saturated carbocycles. The molecule has 0 aliphatic heterocycles. The molecular formula is C31H39FN2OS. The minimum Gasteiger partial charge on any atom is -0.350 e. The van der Waals surface area contributed by atoms with Crippen molar-refractivity contribution in [3.05, 3.63) is 74.8 Å². The minimum absolute atomic E-state index is 0.0808. The summed E-state index contributed by atoms with van der Waals surface area (Å²) < 4.78 is 15.3. The number of carbonyl (C=O) groups is 1. The van der Waals surface area contributed by atoms with E-state index in [1.807, 2.05) is 6.92 Å². The zero-order valence-corrected chi connectivity index (χ0v) is 23.1. The van der Waals surface area contributed by atoms with Crippen molar-refractivity contribution in [3.8, 4) is 11.1 Å². The molecule has 3 nitrogen and oxygen atoms in total. The van der Waals surface area contributed by atoms with Crippen LogP contribution in [0.2, 0.25) is 0 Å². The van der Waals surface area contributed by atoms with Crippen LogP contribution in [0.15, 0.2) is 53.3 Å². The molecule has 1 aromatic heterocycles. The van der Waals surface area contributed by atoms with Gasteiger partial charge in [0.05, 0.1) is 0 Å². The molecule has 36 heavy (non-hydrogen) atoms. The number of carbonyl (C=O) groups excluding carboxylic acids is 1. The normalized spacial score (nSPS) is 18.7. The number of benzene rings is 1. The van der Waals surface area contributed by atoms with Gasteiger partial charge in [0, 0.05) is 36.3 Å². The molecule has 0 saturated heterocycles. The highest BCUT2D eigenvalue weighted by Gasteiger charge is 2.28. The standard InChI is InChI=1S/C31H39FN2OS/c1-19(2)34(20(3)4)17-27-14-25(29-15-31(36)33-16-30(29)32)8-9-28(27)24-7-6-23-11-22(10-21(5)18-35)12-26(23)13-24/h8-9,12,14-16,18-21,24H,6-7,10-11,13,17H2,1-5H3,(H,33,36). The highest BCUT2D eigenvalue weighted by Crippen LogP contribution is 2.45. The molecule has 0 amide bonds. The van der Waals surface area contributed by atoms with Gasteiger partial charge in [-0.25, -0.2) is 4.39 Å². The number of allylic oxidation sites excluding steroid dienone is 4. The van der Waals surface area contributed by atoms with E-state index in [0.29, 0.717) is 28.2 Å². The van der Waals surface area contributed by atoms with Gasteiger partial charge in [-0.2, -0.15) is 0 Å². The van der Waals surface area contributed by atoms with Crippen LogP contribution in [-0.4, -0.2) is 28.3 Å². The summed E-state index contributed by atoms with van der Waals surface area (Å²) in [5, 5.41) is 0. The number of rotatable bonds is 9. The van der Waals surface area contributed by atoms with E-state index in [-0.39, 0.29) is 11.7 Å². The molecule has 2 atom stereocenters. The van der Waals surface area contributed by atoms with Crippen LogP contribution in [0.3, 0.4) is 0 Å². The average Bonchev–Trinajstić information content (AvgIpc) is 3.24. The van der Waals surface area contributed by atoms with Crippen molar-refractivity contribution >= 4 is 18.5 Å². The SMILES string of the molecule is CC(C=O)CC1=CC2=C(CCC(c3ccc(-c4cc(=S)[nH]cc4F)cc3CN(C(C)C)C(C)C)C2)C1. The van der Waals surface area contributed by atoms with Crippen LogP contribution >= 0.6 is 12.2 Å². The first-order valence-corrected chi connectivity index (χ1v) is 13.7. The summed E-state index contributed by atoms with van der Waals surface area (Å²) in [5.41, 5.74) is 8.51. The Bertz CT molecular complexity index is 1230. The summed E-state index contributed by atoms with van der Waals surface area (Å²) >= 11 is 5.28. The maximum atomic E-state index is 14.7. The molecule has 4 rings (SSSR count). The highest BCUT2D eigenvalue weighted by atomic mass is 32.1. The Morgan fingerprint density at radius 3 is 2.61 bits per heavy atom. The maximum absolute atomic E-state index is 14.7. The molecule has 1 heterocycles. The number of hydrogen-bond donors (Lipinski definition) is 1. The predicted molar refractivity (Wildman–Crippen MR) is 149 cm³/mol. The van der Waals surface area contributed by atoms with Gasteiger partial charge >= 0.3 is 0 Å². The molecule has 2 unspecified atom stereocenters. The van der Waals surface area contributed by atoms with E-state index in [9.17, 15) is 9.18 Å². The molecular weight excluding hydrogens is 467 g/mol. The van der Waals surface area contributed by atoms with Crippen LogP contribution in [-0.2, 0) is 11.3 Å². The van der Waals surface area contributed by atoms with Crippen LogP contribution < -0.4 is 0 Å². The number of halogens is 1. The number of aldehydes is 1. The number of H-pyrrole nitrogens is 1. The van der Waals surface area contributed by atoms with Crippen molar-refractivity contribution < 1.29 is 9.18 Å². The second-order valence-corrected chi connectivity index (χ2v) is 11.6. The van der Waals surface area contributed by atoms with Gasteiger partial charge in [-0.1, -0.05) is 48.5 Å². The third-order valence-electron chi connectivity index (χ3n) is 7.80. The Morgan fingerprint density at radius 1 is 1.17 bits per heavy atom. The van der Waals surface area contributed by atoms with Crippen molar-refractivity contribution in [2.75, 3.05) is 0 Å². The summed E-state index contributed by atoms with van der Waals surface area (Å²) in [7, 11) is 0. The van der Waals surface area contributed by atoms with E-state index >= 15 is 0 Å². The lowest BCUT2D eigenvalue weighted by Crippen LogP contribution is -2.36. The molecule has 0 radical (unpaired) electrons. The molecule has 2 aliphatic rings. The molecule has 1 aromatic carbocycles. The Labute approximate surface area is 220 Å². The zero-order chi connectivity index (χ0) is 26.0. The lowest BCUT2D eigenvalue weighted by Gasteiger charge is -2.33. The first-order valence-electron chi connectivity index (χ1n) is 13.3. The van der Waals surface area contributed by atoms with Crippen molar-refractivity contribution in [2.45, 2.75) is 91.3 Å². The third-order valence-corrected chi connectivity index (χ3v) is 8.03. The van der Waals surface area contributed by atoms with Gasteiger partial charge in [-0.3, -0.25) is 4.90 Å². The molecule has 0 fully saturated rings. The maximum Gasteiger partial charge on any atom is 0.147 e. The number of aromatic amines is 1. The van der Waals surface area contributed by atoms with Crippen LogP contribution in [0.25, 0.3) is 11.1 Å². The van der Waals surface area contributed by atoms with Crippen LogP contribution in [0.4, 0.5) is 4.39 Å². The summed E-state index contributed by atoms with van der Waals surface area (Å²) in [5.74, 6) is 0.237. The van der Waals surface area contributed by atoms with Crippen LogP contribution in [0.5, 0.6) is 0 Å². The summed E-state index contributed by atoms with van der Waals surface area (Å²) in [6, 6.07) is 9.01. The second kappa shape index (κ2) is 11.4. The predicted octanol–water partition coefficient (Wildman–Crippen LogP) is 8.29. The highest BCUT2D eigenvalue weighted by molar-refractivity contribution is 7.71. The molecule has 2 aliphatic carbocycles. The molecule has 192 valence electrons. The Balaban J connectivity index is 1.69. The van der Waals surface area contributed by atoms with E-state index in [0.717, 1.165) is 50.5 Å². The number of nitrogens with one attached hydrogen (secondary N) is 1. The molecule has 2 aromatic rings. The minimum atomic E-state index is -0.285. The average molecular weight is 507 g/mol. The number of nitrogens with zero attached hydrogens (tertiary/aromatic N) is 1. The largest absolute Gasteiger partial charge is 0.350 e. The van der Waals surface area contributed by atoms with Crippen molar-refractivity contribution in [1.82, 2.24) is 9.88 Å². The van der Waals surface area contributed by atoms with Crippen molar-refractivity contribution in [1.29, 1.82) is 0 Å². The van der Waals surface area contributed by atoms with E-state index in [1.165, 1.54) is 28.5 Å².